The molecular formula is C12H22N2O2. The third-order valence-electron chi connectivity index (χ3n) is 3.77. The predicted molar refractivity (Wildman–Crippen MR) is 62.1 cm³/mol. The second-order valence-corrected chi connectivity index (χ2v) is 4.94. The topological polar surface area (TPSA) is 50.4 Å². The Morgan fingerprint density at radius 3 is 2.75 bits per heavy atom. The van der Waals surface area contributed by atoms with E-state index in [0.29, 0.717) is 12.0 Å². The van der Waals surface area contributed by atoms with Gasteiger partial charge in [0, 0.05) is 25.2 Å². The van der Waals surface area contributed by atoms with E-state index in [9.17, 15) is 4.79 Å². The fourth-order valence-electron chi connectivity index (χ4n) is 2.52. The summed E-state index contributed by atoms with van der Waals surface area (Å²) in [4.78, 5) is 12.0. The van der Waals surface area contributed by atoms with Crippen LogP contribution in [0.4, 0.5) is 0 Å². The summed E-state index contributed by atoms with van der Waals surface area (Å²) < 4.78 is 5.26. The van der Waals surface area contributed by atoms with Gasteiger partial charge in [-0.3, -0.25) is 4.79 Å². The van der Waals surface area contributed by atoms with E-state index in [-0.39, 0.29) is 11.8 Å². The van der Waals surface area contributed by atoms with Gasteiger partial charge in [-0.25, -0.2) is 0 Å². The predicted octanol–water partition coefficient (Wildman–Crippen LogP) is 0.527. The van der Waals surface area contributed by atoms with Crippen molar-refractivity contribution < 1.29 is 9.53 Å². The summed E-state index contributed by atoms with van der Waals surface area (Å²) in [5, 5.41) is 6.49. The van der Waals surface area contributed by atoms with Crippen molar-refractivity contribution in [3.63, 3.8) is 0 Å². The van der Waals surface area contributed by atoms with E-state index in [0.717, 1.165) is 39.1 Å². The number of ether oxygens (including phenoxy) is 1. The lowest BCUT2D eigenvalue weighted by Gasteiger charge is -2.25. The number of amides is 1. The zero-order valence-corrected chi connectivity index (χ0v) is 10.00. The molecule has 2 fully saturated rings. The molecule has 0 aromatic rings. The van der Waals surface area contributed by atoms with Gasteiger partial charge in [0.15, 0.2) is 0 Å². The largest absolute Gasteiger partial charge is 0.381 e. The van der Waals surface area contributed by atoms with Crippen molar-refractivity contribution in [2.75, 3.05) is 26.3 Å². The molecule has 0 aliphatic carbocycles. The van der Waals surface area contributed by atoms with Gasteiger partial charge in [0.05, 0.1) is 0 Å². The number of hydrogen-bond donors (Lipinski definition) is 2. The first-order valence-corrected chi connectivity index (χ1v) is 6.36. The molecule has 16 heavy (non-hydrogen) atoms. The normalized spacial score (nSPS) is 28.9. The second kappa shape index (κ2) is 5.64. The monoisotopic (exact) mass is 226 g/mol. The molecule has 0 spiro atoms. The summed E-state index contributed by atoms with van der Waals surface area (Å²) >= 11 is 0. The fraction of sp³-hybridized carbons (Fsp3) is 0.917. The first-order chi connectivity index (χ1) is 7.77. The maximum absolute atomic E-state index is 12.0. The SMILES string of the molecule is CC(NC(=O)C1CCOCC1)C1CCNC1. The third-order valence-corrected chi connectivity index (χ3v) is 3.77. The molecule has 0 aromatic heterocycles. The smallest absolute Gasteiger partial charge is 0.223 e. The van der Waals surface area contributed by atoms with Crippen LogP contribution in [0.3, 0.4) is 0 Å². The van der Waals surface area contributed by atoms with E-state index in [1.807, 2.05) is 0 Å². The molecule has 4 nitrogen and oxygen atoms in total. The Morgan fingerprint density at radius 1 is 1.38 bits per heavy atom. The van der Waals surface area contributed by atoms with Crippen LogP contribution < -0.4 is 10.6 Å². The molecule has 2 rings (SSSR count). The van der Waals surface area contributed by atoms with Gasteiger partial charge in [-0.15, -0.1) is 0 Å². The minimum Gasteiger partial charge on any atom is -0.381 e. The van der Waals surface area contributed by atoms with E-state index in [1.54, 1.807) is 0 Å². The molecule has 2 aliphatic rings. The summed E-state index contributed by atoms with van der Waals surface area (Å²) in [5.74, 6) is 0.997. The van der Waals surface area contributed by atoms with Gasteiger partial charge in [0.2, 0.25) is 5.91 Å². The Morgan fingerprint density at radius 2 is 2.12 bits per heavy atom. The van der Waals surface area contributed by atoms with Gasteiger partial charge < -0.3 is 15.4 Å². The van der Waals surface area contributed by atoms with Crippen molar-refractivity contribution in [3.05, 3.63) is 0 Å². The Balaban J connectivity index is 1.76. The molecule has 0 radical (unpaired) electrons. The highest BCUT2D eigenvalue weighted by molar-refractivity contribution is 5.79. The van der Waals surface area contributed by atoms with Crippen LogP contribution >= 0.6 is 0 Å². The van der Waals surface area contributed by atoms with E-state index < -0.39 is 0 Å². The maximum Gasteiger partial charge on any atom is 0.223 e. The molecule has 2 saturated heterocycles. The fourth-order valence-corrected chi connectivity index (χ4v) is 2.52. The molecule has 0 bridgehead atoms. The lowest BCUT2D eigenvalue weighted by atomic mass is 9.96. The van der Waals surface area contributed by atoms with Gasteiger partial charge in [-0.2, -0.15) is 0 Å². The summed E-state index contributed by atoms with van der Waals surface area (Å²) in [6, 6.07) is 0.297. The average Bonchev–Trinajstić information content (AvgIpc) is 2.83. The van der Waals surface area contributed by atoms with Crippen molar-refractivity contribution in [2.45, 2.75) is 32.2 Å². The number of hydrogen-bond acceptors (Lipinski definition) is 3. The van der Waals surface area contributed by atoms with E-state index in [4.69, 9.17) is 4.74 Å². The van der Waals surface area contributed by atoms with Crippen LogP contribution in [0.15, 0.2) is 0 Å². The highest BCUT2D eigenvalue weighted by atomic mass is 16.5. The number of rotatable bonds is 3. The Bertz CT molecular complexity index is 233. The van der Waals surface area contributed by atoms with Crippen LogP contribution in [0.1, 0.15) is 26.2 Å². The van der Waals surface area contributed by atoms with Crippen LogP contribution in [0, 0.1) is 11.8 Å². The quantitative estimate of drug-likeness (QED) is 0.738. The first-order valence-electron chi connectivity index (χ1n) is 6.36. The summed E-state index contributed by atoms with van der Waals surface area (Å²) in [7, 11) is 0. The standard InChI is InChI=1S/C12H22N2O2/c1-9(11-2-5-13-8-11)14-12(15)10-3-6-16-7-4-10/h9-11,13H,2-8H2,1H3,(H,14,15). The molecule has 0 aromatic carbocycles. The van der Waals surface area contributed by atoms with Gasteiger partial charge in [0.25, 0.3) is 0 Å². The van der Waals surface area contributed by atoms with Crippen molar-refractivity contribution in [1.29, 1.82) is 0 Å². The highest BCUT2D eigenvalue weighted by Crippen LogP contribution is 2.17. The van der Waals surface area contributed by atoms with E-state index in [2.05, 4.69) is 17.6 Å². The van der Waals surface area contributed by atoms with Crippen molar-refractivity contribution in [1.82, 2.24) is 10.6 Å². The minimum atomic E-state index is 0.172. The van der Waals surface area contributed by atoms with Crippen LogP contribution in [-0.4, -0.2) is 38.3 Å². The molecule has 2 unspecified atom stereocenters. The summed E-state index contributed by atoms with van der Waals surface area (Å²) in [6.45, 7) is 5.71. The van der Waals surface area contributed by atoms with Gasteiger partial charge in [-0.05, 0) is 45.2 Å². The molecular weight excluding hydrogens is 204 g/mol. The number of nitrogens with one attached hydrogen (secondary N) is 2. The second-order valence-electron chi connectivity index (χ2n) is 4.94. The van der Waals surface area contributed by atoms with Gasteiger partial charge >= 0.3 is 0 Å². The van der Waals surface area contributed by atoms with Crippen molar-refractivity contribution in [2.24, 2.45) is 11.8 Å². The van der Waals surface area contributed by atoms with Crippen molar-refractivity contribution in [3.8, 4) is 0 Å². The Labute approximate surface area is 97.1 Å². The molecule has 2 N–H and O–H groups in total. The number of carbonyl (C=O) groups excluding carboxylic acids is 1. The summed E-state index contributed by atoms with van der Waals surface area (Å²) in [6.07, 6.45) is 2.93. The maximum atomic E-state index is 12.0. The highest BCUT2D eigenvalue weighted by Gasteiger charge is 2.26. The van der Waals surface area contributed by atoms with Crippen molar-refractivity contribution >= 4 is 5.91 Å². The lowest BCUT2D eigenvalue weighted by molar-refractivity contribution is -0.128. The zero-order chi connectivity index (χ0) is 11.4. The van der Waals surface area contributed by atoms with E-state index in [1.165, 1.54) is 6.42 Å². The Kier molecular flexibility index (Phi) is 4.18. The third kappa shape index (κ3) is 2.95. The van der Waals surface area contributed by atoms with Crippen LogP contribution in [-0.2, 0) is 9.53 Å². The van der Waals surface area contributed by atoms with Crippen LogP contribution in [0.25, 0.3) is 0 Å². The molecule has 2 heterocycles. The van der Waals surface area contributed by atoms with Crippen LogP contribution in [0.2, 0.25) is 0 Å². The molecule has 0 saturated carbocycles. The van der Waals surface area contributed by atoms with E-state index >= 15 is 0 Å². The molecule has 4 heteroatoms. The minimum absolute atomic E-state index is 0.172. The molecule has 1 amide bonds. The van der Waals surface area contributed by atoms with Gasteiger partial charge in [0.1, 0.15) is 0 Å². The zero-order valence-electron chi connectivity index (χ0n) is 10.00. The Hall–Kier alpha value is -0.610. The first kappa shape index (κ1) is 11.9. The lowest BCUT2D eigenvalue weighted by Crippen LogP contribution is -2.43. The number of carbonyl (C=O) groups is 1. The van der Waals surface area contributed by atoms with Gasteiger partial charge in [-0.1, -0.05) is 0 Å². The average molecular weight is 226 g/mol. The molecule has 2 aliphatic heterocycles. The molecule has 92 valence electrons. The summed E-state index contributed by atoms with van der Waals surface area (Å²) in [5.41, 5.74) is 0. The molecule has 2 atom stereocenters. The van der Waals surface area contributed by atoms with Crippen LogP contribution in [0.5, 0.6) is 0 Å².